The molecule has 0 bridgehead atoms. The minimum atomic E-state index is -1.05. The van der Waals surface area contributed by atoms with E-state index in [0.717, 1.165) is 6.42 Å². The first-order valence-corrected chi connectivity index (χ1v) is 5.94. The van der Waals surface area contributed by atoms with Gasteiger partial charge in [-0.05, 0) is 37.1 Å². The second-order valence-electron chi connectivity index (χ2n) is 4.44. The number of hydrogen-bond donors (Lipinski definition) is 2. The number of likely N-dealkylation sites (tertiary alicyclic amines) is 1. The molecule has 2 rings (SSSR count). The third-order valence-electron chi connectivity index (χ3n) is 3.22. The monoisotopic (exact) mass is 262 g/mol. The lowest BCUT2D eigenvalue weighted by Crippen LogP contribution is -2.43. The molecular weight excluding hydrogens is 248 g/mol. The fraction of sp³-hybridized carbons (Fsp3) is 0.308. The number of carboxylic acids is 1. The Morgan fingerprint density at radius 1 is 1.16 bits per heavy atom. The van der Waals surface area contributed by atoms with Crippen LogP contribution in [0, 0.1) is 0 Å². The van der Waals surface area contributed by atoms with E-state index >= 15 is 0 Å². The lowest BCUT2D eigenvalue weighted by atomic mass is 10.1. The van der Waals surface area contributed by atoms with E-state index in [1.54, 1.807) is 0 Å². The number of carbonyl (C=O) groups is 3. The number of carbonyl (C=O) groups excluding carboxylic acids is 2. The molecule has 1 aliphatic heterocycles. The van der Waals surface area contributed by atoms with Gasteiger partial charge in [-0.15, -0.1) is 0 Å². The van der Waals surface area contributed by atoms with Gasteiger partial charge in [-0.2, -0.15) is 0 Å². The first kappa shape index (κ1) is 13.1. The molecule has 1 unspecified atom stereocenters. The van der Waals surface area contributed by atoms with E-state index in [2.05, 4.69) is 0 Å². The SMILES string of the molecule is NC(=O)C1CCCN1C(=O)c1ccc(C(=O)O)cc1. The molecule has 6 heteroatoms. The van der Waals surface area contributed by atoms with Crippen molar-refractivity contribution in [2.24, 2.45) is 5.73 Å². The zero-order valence-electron chi connectivity index (χ0n) is 10.2. The Balaban J connectivity index is 2.19. The van der Waals surface area contributed by atoms with Crippen LogP contribution in [0.15, 0.2) is 24.3 Å². The van der Waals surface area contributed by atoms with Gasteiger partial charge in [-0.1, -0.05) is 0 Å². The number of rotatable bonds is 3. The molecule has 2 amide bonds. The molecule has 1 aromatic carbocycles. The fourth-order valence-electron chi connectivity index (χ4n) is 2.23. The van der Waals surface area contributed by atoms with Gasteiger partial charge >= 0.3 is 5.97 Å². The van der Waals surface area contributed by atoms with Crippen LogP contribution < -0.4 is 5.73 Å². The van der Waals surface area contributed by atoms with Crippen LogP contribution in [0.1, 0.15) is 33.6 Å². The largest absolute Gasteiger partial charge is 0.478 e. The quantitative estimate of drug-likeness (QED) is 0.827. The summed E-state index contributed by atoms with van der Waals surface area (Å²) in [5.41, 5.74) is 5.73. The number of carboxylic acid groups (broad SMARTS) is 1. The van der Waals surface area contributed by atoms with Gasteiger partial charge in [0, 0.05) is 12.1 Å². The Morgan fingerprint density at radius 2 is 1.74 bits per heavy atom. The Bertz CT molecular complexity index is 524. The van der Waals surface area contributed by atoms with Gasteiger partial charge in [0.05, 0.1) is 5.56 Å². The molecule has 1 atom stereocenters. The van der Waals surface area contributed by atoms with Gasteiger partial charge in [-0.3, -0.25) is 9.59 Å². The number of hydrogen-bond acceptors (Lipinski definition) is 3. The molecule has 0 aromatic heterocycles. The van der Waals surface area contributed by atoms with Crippen LogP contribution in [0.25, 0.3) is 0 Å². The van der Waals surface area contributed by atoms with Gasteiger partial charge < -0.3 is 15.7 Å². The Hall–Kier alpha value is -2.37. The third kappa shape index (κ3) is 2.57. The van der Waals surface area contributed by atoms with Crippen LogP contribution in [0.4, 0.5) is 0 Å². The molecule has 0 spiro atoms. The average molecular weight is 262 g/mol. The molecule has 19 heavy (non-hydrogen) atoms. The minimum Gasteiger partial charge on any atom is -0.478 e. The van der Waals surface area contributed by atoms with E-state index in [0.29, 0.717) is 18.5 Å². The molecule has 0 aliphatic carbocycles. The summed E-state index contributed by atoms with van der Waals surface area (Å²) in [5.74, 6) is -1.85. The highest BCUT2D eigenvalue weighted by molar-refractivity contribution is 5.98. The van der Waals surface area contributed by atoms with Gasteiger partial charge in [0.15, 0.2) is 0 Å². The van der Waals surface area contributed by atoms with Crippen molar-refractivity contribution in [3.63, 3.8) is 0 Å². The number of nitrogens with zero attached hydrogens (tertiary/aromatic N) is 1. The minimum absolute atomic E-state index is 0.115. The maximum Gasteiger partial charge on any atom is 0.335 e. The summed E-state index contributed by atoms with van der Waals surface area (Å²) in [6.07, 6.45) is 1.32. The highest BCUT2D eigenvalue weighted by atomic mass is 16.4. The average Bonchev–Trinajstić information content (AvgIpc) is 2.87. The molecular formula is C13H14N2O4. The zero-order valence-corrected chi connectivity index (χ0v) is 10.2. The summed E-state index contributed by atoms with van der Waals surface area (Å²) in [6.45, 7) is 0.493. The van der Waals surface area contributed by atoms with E-state index in [9.17, 15) is 14.4 Å². The summed E-state index contributed by atoms with van der Waals surface area (Å²) in [7, 11) is 0. The van der Waals surface area contributed by atoms with Crippen molar-refractivity contribution in [2.75, 3.05) is 6.54 Å². The lowest BCUT2D eigenvalue weighted by molar-refractivity contribution is -0.121. The molecule has 1 aliphatic rings. The predicted octanol–water partition coefficient (Wildman–Crippen LogP) is 0.475. The normalized spacial score (nSPS) is 18.3. The van der Waals surface area contributed by atoms with Crippen molar-refractivity contribution in [2.45, 2.75) is 18.9 Å². The van der Waals surface area contributed by atoms with Gasteiger partial charge in [0.1, 0.15) is 6.04 Å². The van der Waals surface area contributed by atoms with Crippen molar-refractivity contribution in [1.29, 1.82) is 0 Å². The third-order valence-corrected chi connectivity index (χ3v) is 3.22. The summed E-state index contributed by atoms with van der Waals surface area (Å²) in [4.78, 5) is 35.6. The van der Waals surface area contributed by atoms with Crippen molar-refractivity contribution in [3.05, 3.63) is 35.4 Å². The van der Waals surface area contributed by atoms with Crippen LogP contribution in [-0.4, -0.2) is 40.4 Å². The van der Waals surface area contributed by atoms with E-state index in [1.165, 1.54) is 29.2 Å². The van der Waals surface area contributed by atoms with Crippen LogP contribution >= 0.6 is 0 Å². The second-order valence-corrected chi connectivity index (χ2v) is 4.44. The molecule has 0 saturated carbocycles. The van der Waals surface area contributed by atoms with Gasteiger partial charge in [0.2, 0.25) is 5.91 Å². The van der Waals surface area contributed by atoms with Crippen LogP contribution in [0.2, 0.25) is 0 Å². The van der Waals surface area contributed by atoms with E-state index < -0.39 is 17.9 Å². The lowest BCUT2D eigenvalue weighted by Gasteiger charge is -2.22. The van der Waals surface area contributed by atoms with Crippen molar-refractivity contribution in [3.8, 4) is 0 Å². The number of benzene rings is 1. The Morgan fingerprint density at radius 3 is 2.26 bits per heavy atom. The van der Waals surface area contributed by atoms with E-state index in [1.807, 2.05) is 0 Å². The molecule has 0 radical (unpaired) electrons. The fourth-order valence-corrected chi connectivity index (χ4v) is 2.23. The van der Waals surface area contributed by atoms with Crippen molar-refractivity contribution in [1.82, 2.24) is 4.90 Å². The maximum atomic E-state index is 12.2. The Kier molecular flexibility index (Phi) is 3.50. The van der Waals surface area contributed by atoms with Crippen LogP contribution in [0.5, 0.6) is 0 Å². The van der Waals surface area contributed by atoms with Gasteiger partial charge in [0.25, 0.3) is 5.91 Å². The number of primary amides is 1. The summed E-state index contributed by atoms with van der Waals surface area (Å²) in [5, 5.41) is 8.78. The zero-order chi connectivity index (χ0) is 14.0. The van der Waals surface area contributed by atoms with Crippen LogP contribution in [0.3, 0.4) is 0 Å². The van der Waals surface area contributed by atoms with Crippen molar-refractivity contribution < 1.29 is 19.5 Å². The molecule has 100 valence electrons. The summed E-state index contributed by atoms with van der Waals surface area (Å²) >= 11 is 0. The molecule has 3 N–H and O–H groups in total. The highest BCUT2D eigenvalue weighted by Crippen LogP contribution is 2.20. The number of nitrogens with two attached hydrogens (primary N) is 1. The molecule has 1 heterocycles. The number of aromatic carboxylic acids is 1. The Labute approximate surface area is 109 Å². The molecule has 1 saturated heterocycles. The molecule has 6 nitrogen and oxygen atoms in total. The van der Waals surface area contributed by atoms with E-state index in [-0.39, 0.29) is 11.5 Å². The molecule has 1 aromatic rings. The second kappa shape index (κ2) is 5.09. The smallest absolute Gasteiger partial charge is 0.335 e. The molecule has 1 fully saturated rings. The van der Waals surface area contributed by atoms with Crippen LogP contribution in [-0.2, 0) is 4.79 Å². The van der Waals surface area contributed by atoms with Crippen molar-refractivity contribution >= 4 is 17.8 Å². The number of amides is 2. The standard InChI is InChI=1S/C13H14N2O4/c14-11(16)10-2-1-7-15(10)12(17)8-3-5-9(6-4-8)13(18)19/h3-6,10H,1-2,7H2,(H2,14,16)(H,18,19). The van der Waals surface area contributed by atoms with E-state index in [4.69, 9.17) is 10.8 Å². The predicted molar refractivity (Wildman–Crippen MR) is 66.7 cm³/mol. The topological polar surface area (TPSA) is 101 Å². The first-order valence-electron chi connectivity index (χ1n) is 5.94. The first-order chi connectivity index (χ1) is 9.00. The summed E-state index contributed by atoms with van der Waals surface area (Å²) in [6, 6.07) is 5.06. The highest BCUT2D eigenvalue weighted by Gasteiger charge is 2.33. The van der Waals surface area contributed by atoms with Gasteiger partial charge in [-0.25, -0.2) is 4.79 Å². The summed E-state index contributed by atoms with van der Waals surface area (Å²) < 4.78 is 0. The maximum absolute atomic E-state index is 12.2.